The molecule has 0 fully saturated rings. The quantitative estimate of drug-likeness (QED) is 0.626. The zero-order chi connectivity index (χ0) is 20.8. The zero-order valence-electron chi connectivity index (χ0n) is 17.0. The van der Waals surface area contributed by atoms with Gasteiger partial charge in [0, 0.05) is 6.54 Å². The molecule has 0 unspecified atom stereocenters. The van der Waals surface area contributed by atoms with Gasteiger partial charge in [-0.2, -0.15) is 0 Å². The molecule has 1 atom stereocenters. The average Bonchev–Trinajstić information content (AvgIpc) is 2.76. The van der Waals surface area contributed by atoms with Gasteiger partial charge in [-0.15, -0.1) is 0 Å². The van der Waals surface area contributed by atoms with Gasteiger partial charge in [0.2, 0.25) is 5.75 Å². The molecule has 1 N–H and O–H groups in total. The Morgan fingerprint density at radius 3 is 2.17 bits per heavy atom. The minimum atomic E-state index is -0.641. The van der Waals surface area contributed by atoms with E-state index in [0.29, 0.717) is 29.5 Å². The largest absolute Gasteiger partial charge is 0.493 e. The molecule has 0 radical (unpaired) electrons. The average molecular weight is 395 g/mol. The molecular weight excluding hydrogens is 370 g/mol. The van der Waals surface area contributed by atoms with Crippen molar-refractivity contribution >= 4 is 16.7 Å². The van der Waals surface area contributed by atoms with Gasteiger partial charge < -0.3 is 24.3 Å². The number of amides is 1. The Bertz CT molecular complexity index is 976. The number of carbonyl (C=O) groups excluding carboxylic acids is 1. The molecule has 0 saturated carbocycles. The SMILES string of the molecule is COc1cc(CNC(=O)[C@H](C)Oc2ccc3ccccc3c2)cc(OC)c1OC. The van der Waals surface area contributed by atoms with E-state index in [4.69, 9.17) is 18.9 Å². The molecule has 6 nitrogen and oxygen atoms in total. The molecule has 6 heteroatoms. The summed E-state index contributed by atoms with van der Waals surface area (Å²) in [7, 11) is 4.66. The first-order valence-electron chi connectivity index (χ1n) is 9.27. The Labute approximate surface area is 170 Å². The van der Waals surface area contributed by atoms with Crippen LogP contribution in [-0.4, -0.2) is 33.3 Å². The van der Waals surface area contributed by atoms with Crippen molar-refractivity contribution in [2.24, 2.45) is 0 Å². The van der Waals surface area contributed by atoms with E-state index in [1.165, 1.54) is 0 Å². The van der Waals surface area contributed by atoms with Crippen molar-refractivity contribution in [3.8, 4) is 23.0 Å². The summed E-state index contributed by atoms with van der Waals surface area (Å²) in [4.78, 5) is 12.5. The molecule has 152 valence electrons. The van der Waals surface area contributed by atoms with E-state index in [9.17, 15) is 4.79 Å². The molecule has 0 spiro atoms. The van der Waals surface area contributed by atoms with Crippen LogP contribution in [0.1, 0.15) is 12.5 Å². The van der Waals surface area contributed by atoms with Gasteiger partial charge in [0.1, 0.15) is 5.75 Å². The first-order valence-corrected chi connectivity index (χ1v) is 9.27. The van der Waals surface area contributed by atoms with Crippen LogP contribution in [0.3, 0.4) is 0 Å². The van der Waals surface area contributed by atoms with Crippen LogP contribution in [0.5, 0.6) is 23.0 Å². The molecule has 3 rings (SSSR count). The number of benzene rings is 3. The number of fused-ring (bicyclic) bond motifs is 1. The number of hydrogen-bond acceptors (Lipinski definition) is 5. The monoisotopic (exact) mass is 395 g/mol. The van der Waals surface area contributed by atoms with Crippen LogP contribution >= 0.6 is 0 Å². The number of methoxy groups -OCH3 is 3. The van der Waals surface area contributed by atoms with Crippen LogP contribution in [0.4, 0.5) is 0 Å². The summed E-state index contributed by atoms with van der Waals surface area (Å²) in [5.74, 6) is 2.03. The fourth-order valence-electron chi connectivity index (χ4n) is 3.07. The molecule has 0 bridgehead atoms. The number of nitrogens with one attached hydrogen (secondary N) is 1. The van der Waals surface area contributed by atoms with Gasteiger partial charge in [0.25, 0.3) is 5.91 Å². The van der Waals surface area contributed by atoms with Crippen molar-refractivity contribution in [2.75, 3.05) is 21.3 Å². The van der Waals surface area contributed by atoms with Crippen molar-refractivity contribution < 1.29 is 23.7 Å². The van der Waals surface area contributed by atoms with Gasteiger partial charge in [-0.1, -0.05) is 30.3 Å². The van der Waals surface area contributed by atoms with Crippen LogP contribution in [0.2, 0.25) is 0 Å². The maximum absolute atomic E-state index is 12.5. The molecule has 1 amide bonds. The molecule has 0 aliphatic heterocycles. The van der Waals surface area contributed by atoms with Crippen LogP contribution in [0.25, 0.3) is 10.8 Å². The summed E-state index contributed by atoms with van der Waals surface area (Å²) in [6.07, 6.45) is -0.641. The van der Waals surface area contributed by atoms with Crippen LogP contribution in [0, 0.1) is 0 Å². The predicted molar refractivity (Wildman–Crippen MR) is 112 cm³/mol. The Kier molecular flexibility index (Phi) is 6.44. The maximum Gasteiger partial charge on any atom is 0.261 e. The van der Waals surface area contributed by atoms with E-state index in [1.807, 2.05) is 42.5 Å². The fourth-order valence-corrected chi connectivity index (χ4v) is 3.07. The van der Waals surface area contributed by atoms with Crippen LogP contribution in [-0.2, 0) is 11.3 Å². The lowest BCUT2D eigenvalue weighted by atomic mass is 10.1. The summed E-state index contributed by atoms with van der Waals surface area (Å²) in [5, 5.41) is 5.07. The number of ether oxygens (including phenoxy) is 4. The lowest BCUT2D eigenvalue weighted by molar-refractivity contribution is -0.127. The van der Waals surface area contributed by atoms with E-state index in [-0.39, 0.29) is 5.91 Å². The first-order chi connectivity index (χ1) is 14.0. The van der Waals surface area contributed by atoms with Crippen molar-refractivity contribution in [1.82, 2.24) is 5.32 Å². The van der Waals surface area contributed by atoms with Crippen molar-refractivity contribution in [3.05, 3.63) is 60.2 Å². The lowest BCUT2D eigenvalue weighted by Crippen LogP contribution is -2.35. The zero-order valence-corrected chi connectivity index (χ0v) is 17.0. The van der Waals surface area contributed by atoms with Gasteiger partial charge in [-0.3, -0.25) is 4.79 Å². The third-order valence-electron chi connectivity index (χ3n) is 4.59. The Hall–Kier alpha value is -3.41. The van der Waals surface area contributed by atoms with Crippen molar-refractivity contribution in [1.29, 1.82) is 0 Å². The summed E-state index contributed by atoms with van der Waals surface area (Å²) in [6, 6.07) is 17.4. The molecule has 0 aliphatic rings. The van der Waals surface area contributed by atoms with Gasteiger partial charge in [0.05, 0.1) is 21.3 Å². The highest BCUT2D eigenvalue weighted by atomic mass is 16.5. The van der Waals surface area contributed by atoms with E-state index in [1.54, 1.807) is 40.4 Å². The predicted octanol–water partition coefficient (Wildman–Crippen LogP) is 3.95. The molecular formula is C23H25NO5. The highest BCUT2D eigenvalue weighted by Gasteiger charge is 2.17. The standard InChI is InChI=1S/C23H25NO5/c1-15(29-19-10-9-17-7-5-6-8-18(17)13-19)23(25)24-14-16-11-20(26-2)22(28-4)21(12-16)27-3/h5-13,15H,14H2,1-4H3,(H,24,25)/t15-/m0/s1. The smallest absolute Gasteiger partial charge is 0.261 e. The topological polar surface area (TPSA) is 66.0 Å². The van der Waals surface area contributed by atoms with E-state index < -0.39 is 6.10 Å². The molecule has 3 aromatic carbocycles. The highest BCUT2D eigenvalue weighted by molar-refractivity contribution is 5.84. The second kappa shape index (κ2) is 9.19. The third kappa shape index (κ3) is 4.71. The molecule has 0 saturated heterocycles. The maximum atomic E-state index is 12.5. The number of hydrogen-bond donors (Lipinski definition) is 1. The van der Waals surface area contributed by atoms with Gasteiger partial charge in [-0.25, -0.2) is 0 Å². The Morgan fingerprint density at radius 2 is 1.55 bits per heavy atom. The second-order valence-electron chi connectivity index (χ2n) is 6.52. The van der Waals surface area contributed by atoms with Gasteiger partial charge >= 0.3 is 0 Å². The summed E-state index contributed by atoms with van der Waals surface area (Å²) in [5.41, 5.74) is 0.825. The summed E-state index contributed by atoms with van der Waals surface area (Å²) < 4.78 is 21.8. The van der Waals surface area contributed by atoms with Gasteiger partial charge in [-0.05, 0) is 47.5 Å². The van der Waals surface area contributed by atoms with Gasteiger partial charge in [0.15, 0.2) is 17.6 Å². The van der Waals surface area contributed by atoms with E-state index in [2.05, 4.69) is 5.32 Å². The molecule has 3 aromatic rings. The first kappa shape index (κ1) is 20.3. The van der Waals surface area contributed by atoms with E-state index in [0.717, 1.165) is 16.3 Å². The summed E-state index contributed by atoms with van der Waals surface area (Å²) in [6.45, 7) is 2.03. The minimum Gasteiger partial charge on any atom is -0.493 e. The Morgan fingerprint density at radius 1 is 0.897 bits per heavy atom. The van der Waals surface area contributed by atoms with Crippen molar-refractivity contribution in [3.63, 3.8) is 0 Å². The minimum absolute atomic E-state index is 0.216. The second-order valence-corrected chi connectivity index (χ2v) is 6.52. The van der Waals surface area contributed by atoms with Crippen molar-refractivity contribution in [2.45, 2.75) is 19.6 Å². The lowest BCUT2D eigenvalue weighted by Gasteiger charge is -2.17. The number of carbonyl (C=O) groups is 1. The highest BCUT2D eigenvalue weighted by Crippen LogP contribution is 2.38. The Balaban J connectivity index is 1.65. The van der Waals surface area contributed by atoms with Crippen LogP contribution in [0.15, 0.2) is 54.6 Å². The van der Waals surface area contributed by atoms with Crippen LogP contribution < -0.4 is 24.3 Å². The molecule has 0 aliphatic carbocycles. The fraction of sp³-hybridized carbons (Fsp3) is 0.261. The summed E-state index contributed by atoms with van der Waals surface area (Å²) >= 11 is 0. The molecule has 29 heavy (non-hydrogen) atoms. The molecule has 0 heterocycles. The normalized spacial score (nSPS) is 11.6. The number of rotatable bonds is 8. The molecule has 0 aromatic heterocycles. The van der Waals surface area contributed by atoms with E-state index >= 15 is 0 Å². The third-order valence-corrected chi connectivity index (χ3v) is 4.59.